The second kappa shape index (κ2) is 27.9. The monoisotopic (exact) mass is 1300 g/mol. The molecule has 0 spiro atoms. The lowest BCUT2D eigenvalue weighted by Gasteiger charge is -2.39. The van der Waals surface area contributed by atoms with E-state index >= 15 is 0 Å². The van der Waals surface area contributed by atoms with Crippen molar-refractivity contribution in [2.45, 2.75) is 159 Å². The van der Waals surface area contributed by atoms with Gasteiger partial charge in [0.05, 0.1) is 89.7 Å². The van der Waals surface area contributed by atoms with Gasteiger partial charge in [0.2, 0.25) is 6.80 Å². The Bertz CT molecular complexity index is 2230. The number of fused-ring (bicyclic) bond motifs is 2. The van der Waals surface area contributed by atoms with Crippen LogP contribution in [0.3, 0.4) is 0 Å². The molecule has 0 aromatic heterocycles. The number of rotatable bonds is 16. The zero-order valence-corrected chi connectivity index (χ0v) is 50.2. The van der Waals surface area contributed by atoms with Gasteiger partial charge in [0.25, 0.3) is 15.6 Å². The van der Waals surface area contributed by atoms with Gasteiger partial charge in [0.15, 0.2) is 0 Å². The molecule has 444 valence electrons. The lowest BCUT2D eigenvalue weighted by molar-refractivity contribution is -0.339. The van der Waals surface area contributed by atoms with Crippen LogP contribution in [-0.4, -0.2) is 157 Å². The fraction of sp³-hybridized carbons (Fsp3) is 1.00. The molecule has 0 radical (unpaired) electrons. The van der Waals surface area contributed by atoms with E-state index in [0.717, 1.165) is 0 Å². The first-order valence-corrected chi connectivity index (χ1v) is 36.9. The summed E-state index contributed by atoms with van der Waals surface area (Å²) in [5, 5.41) is 38.3. The molecule has 7 aliphatic rings. The van der Waals surface area contributed by atoms with Gasteiger partial charge in [-0.25, -0.2) is 0 Å². The van der Waals surface area contributed by atoms with E-state index in [-0.39, 0.29) is 67.6 Å². The molecule has 42 heteroatoms. The molecule has 0 saturated carbocycles. The van der Waals surface area contributed by atoms with Crippen LogP contribution in [0.25, 0.3) is 0 Å². The largest absolute Gasteiger partial charge is 0.812 e. The molecule has 0 aliphatic carbocycles. The number of phosphoric ester groups is 1. The van der Waals surface area contributed by atoms with E-state index in [1.807, 2.05) is 0 Å². The highest BCUT2D eigenvalue weighted by molar-refractivity contribution is 8.32. The molecule has 0 aromatic carbocycles. The minimum absolute atomic E-state index is 0.132. The van der Waals surface area contributed by atoms with Crippen LogP contribution in [0.1, 0.15) is 55.4 Å². The first kappa shape index (κ1) is 69.6. The van der Waals surface area contributed by atoms with Crippen molar-refractivity contribution in [2.24, 2.45) is 17.8 Å². The molecular weight excluding hydrogens is 1240 g/mol. The molecule has 0 amide bonds. The number of hydrogen-bond acceptors (Lipinski definition) is 35. The van der Waals surface area contributed by atoms with Crippen LogP contribution < -0.4 is 39.1 Å². The van der Waals surface area contributed by atoms with Crippen LogP contribution >= 0.6 is 50.4 Å². The molecule has 31 nitrogen and oxygen atoms in total. The van der Waals surface area contributed by atoms with Gasteiger partial charge in [-0.15, -0.1) is 11.8 Å². The number of aliphatic hydroxyl groups excluding tert-OH is 4. The SMILES string of the molecule is C[C@@H]1O[C@@H]2COP([O-])(=S)O[C@H]2[C@H]1O.C[C@@H]1O[C@H](CO)[C@H]2OP(=O)([S-])OC12.C[C@@H]1[C@H](O)[C@@H](COP(=O)([O-])O[C@H]2[C@@H](C)[C@H](C)O[C@@H]2COP([O-])([O-])=S)O[C@H]1C.C[C@@H]1[C@H](O)[C@@H](COP([O-])(=S)OP(=O)([O-])OP(=O)([O-])[O-])O[C@H]1C. The van der Waals surface area contributed by atoms with Gasteiger partial charge in [-0.05, 0) is 34.6 Å². The Hall–Kier alpha value is 2.14. The van der Waals surface area contributed by atoms with Gasteiger partial charge in [-0.1, -0.05) is 51.1 Å². The highest BCUT2D eigenvalue weighted by Crippen LogP contribution is 2.61. The predicted octanol–water partition coefficient (Wildman–Crippen LogP) is -3.93. The van der Waals surface area contributed by atoms with Crippen molar-refractivity contribution in [1.82, 2.24) is 0 Å². The van der Waals surface area contributed by atoms with Crippen molar-refractivity contribution in [3.8, 4) is 0 Å². The molecule has 4 N–H and O–H groups in total. The summed E-state index contributed by atoms with van der Waals surface area (Å²) in [4.78, 5) is 88.6. The molecule has 7 heterocycles. The lowest BCUT2D eigenvalue weighted by Crippen LogP contribution is -2.41. The third kappa shape index (κ3) is 21.3. The lowest BCUT2D eigenvalue weighted by atomic mass is 10.00. The van der Waals surface area contributed by atoms with E-state index in [9.17, 15) is 72.7 Å². The first-order valence-electron chi connectivity index (χ1n) is 22.3. The maximum absolute atomic E-state index is 12.2. The summed E-state index contributed by atoms with van der Waals surface area (Å²) >= 11 is 17.5. The topological polar surface area (TPSA) is 472 Å². The summed E-state index contributed by atoms with van der Waals surface area (Å²) in [7, 11) is -16.5. The maximum atomic E-state index is 12.2. The zero-order valence-electron chi connectivity index (χ0n) is 40.7. The fourth-order valence-electron chi connectivity index (χ4n) is 7.99. The van der Waals surface area contributed by atoms with E-state index < -0.39 is 137 Å². The van der Waals surface area contributed by atoms with E-state index in [1.54, 1.807) is 55.4 Å². The molecule has 25 atom stereocenters. The third-order valence-corrected chi connectivity index (χ3v) is 21.8. The maximum Gasteiger partial charge on any atom is 0.276 e. The molecule has 0 aromatic rings. The van der Waals surface area contributed by atoms with Crippen molar-refractivity contribution in [2.75, 3.05) is 33.0 Å². The van der Waals surface area contributed by atoms with Crippen LogP contribution in [0.5, 0.6) is 0 Å². The molecular formula is C33H58O31P7S4-9. The summed E-state index contributed by atoms with van der Waals surface area (Å²) in [5.74, 6) is -0.772. The highest BCUT2D eigenvalue weighted by atomic mass is 32.7. The van der Waals surface area contributed by atoms with E-state index in [2.05, 4.69) is 65.3 Å². The Kier molecular flexibility index (Phi) is 25.9. The van der Waals surface area contributed by atoms with E-state index in [1.165, 1.54) is 0 Å². The van der Waals surface area contributed by atoms with Crippen LogP contribution in [0.2, 0.25) is 0 Å². The second-order valence-electron chi connectivity index (χ2n) is 17.9. The molecule has 7 aliphatic heterocycles. The number of ether oxygens (including phenoxy) is 5. The van der Waals surface area contributed by atoms with Crippen molar-refractivity contribution >= 4 is 98.1 Å². The van der Waals surface area contributed by atoms with Crippen molar-refractivity contribution in [3.63, 3.8) is 0 Å². The summed E-state index contributed by atoms with van der Waals surface area (Å²) in [6.45, 7) is -3.44. The smallest absolute Gasteiger partial charge is 0.276 e. The Balaban J connectivity index is 0.000000226. The quantitative estimate of drug-likeness (QED) is 0.0847. The summed E-state index contributed by atoms with van der Waals surface area (Å²) < 4.78 is 117. The van der Waals surface area contributed by atoms with Crippen molar-refractivity contribution in [3.05, 3.63) is 0 Å². The van der Waals surface area contributed by atoms with Gasteiger partial charge >= 0.3 is 0 Å². The van der Waals surface area contributed by atoms with Crippen LogP contribution in [0.15, 0.2) is 0 Å². The Morgan fingerprint density at radius 3 is 1.57 bits per heavy atom. The standard InChI is InChI=1S/C14H28O10P2S.C7H17O11P3S.2C6H11O5PS/c1-7-9(3)22-11(13(7)15)5-20-25(16,17)24-14-8(2)10(4)23-12(14)6-21-26(18,19)27;1-4-5(2)16-6(7(4)8)3-15-21(14,22)18-20(12,13)17-19(9,10)11;1-3-5(7)6-4(10-3)2-9-12(8,13)11-6;1-3-5-6(4(2-7)9-3)11-12(8,13)10-5/h7-15H,5-6H2,1-4H3,(H,16,17)(H2,18,19,27);4-8H,3H2,1-2H3,(H,12,13)(H,14,22)(H2,9,10,11);2*3-7H,2H2,1H3,(H,8,13)/p-9/t7-,8-,9-,10-,11+,12+,13-,14-;4-,5-,6+,7-,21?;3-,4+,5-,6+,12?;3-,4+,5?,6+,12?/m0000/s1. The van der Waals surface area contributed by atoms with Gasteiger partial charge < -0.3 is 136 Å². The molecule has 7 rings (SSSR count). The van der Waals surface area contributed by atoms with Gasteiger partial charge in [-0.2, -0.15) is 0 Å². The number of aliphatic hydroxyl groups is 4. The Morgan fingerprint density at radius 1 is 0.600 bits per heavy atom. The molecule has 75 heavy (non-hydrogen) atoms. The van der Waals surface area contributed by atoms with E-state index in [4.69, 9.17) is 55.9 Å². The van der Waals surface area contributed by atoms with Gasteiger partial charge in [0, 0.05) is 17.8 Å². The molecule has 0 bridgehead atoms. The Labute approximate surface area is 452 Å². The number of phosphoric acid groups is 3. The van der Waals surface area contributed by atoms with E-state index in [0.29, 0.717) is 0 Å². The van der Waals surface area contributed by atoms with Crippen molar-refractivity contribution < 1.29 is 146 Å². The minimum atomic E-state index is -5.93. The molecule has 7 fully saturated rings. The Morgan fingerprint density at radius 2 is 1.08 bits per heavy atom. The molecule has 7 saturated heterocycles. The van der Waals surface area contributed by atoms with Crippen LogP contribution in [0, 0.1) is 17.8 Å². The predicted molar refractivity (Wildman–Crippen MR) is 250 cm³/mol. The van der Waals surface area contributed by atoms with Gasteiger partial charge in [0.1, 0.15) is 68.4 Å². The first-order chi connectivity index (χ1) is 34.1. The average molecular weight is 1300 g/mol. The summed E-state index contributed by atoms with van der Waals surface area (Å²) in [6.07, 6.45) is -10.1. The van der Waals surface area contributed by atoms with Crippen molar-refractivity contribution in [1.29, 1.82) is 0 Å². The third-order valence-electron chi connectivity index (χ3n) is 12.4. The highest BCUT2D eigenvalue weighted by Gasteiger charge is 2.51. The fourth-order valence-corrected chi connectivity index (χ4v) is 16.5. The second-order valence-corrected chi connectivity index (χ2v) is 32.7. The van der Waals surface area contributed by atoms with Crippen LogP contribution in [0.4, 0.5) is 0 Å². The summed E-state index contributed by atoms with van der Waals surface area (Å²) in [6, 6.07) is 0. The average Bonchev–Trinajstić information content (AvgIpc) is 4.04. The normalized spacial score (nSPS) is 44.9. The number of hydrogen-bond donors (Lipinski definition) is 4. The van der Waals surface area contributed by atoms with Crippen LogP contribution in [-0.2, 0) is 134 Å². The zero-order chi connectivity index (χ0) is 57.2. The minimum Gasteiger partial charge on any atom is -0.812 e. The summed E-state index contributed by atoms with van der Waals surface area (Å²) in [5.41, 5.74) is 0. The van der Waals surface area contributed by atoms with Gasteiger partial charge in [-0.3, -0.25) is 22.3 Å². The molecule has 6 unspecified atom stereocenters.